The Morgan fingerprint density at radius 2 is 1.95 bits per heavy atom. The molecule has 7 heteroatoms. The third-order valence-electron chi connectivity index (χ3n) is 2.50. The number of hydrogen-bond donors (Lipinski definition) is 2. The van der Waals surface area contributed by atoms with Crippen LogP contribution in [0.4, 0.5) is 5.82 Å². The van der Waals surface area contributed by atoms with Crippen molar-refractivity contribution in [3.8, 4) is 0 Å². The number of carboxylic acid groups (broad SMARTS) is 1. The summed E-state index contributed by atoms with van der Waals surface area (Å²) in [6, 6.07) is 5.29. The summed E-state index contributed by atoms with van der Waals surface area (Å²) in [5.74, 6) is -1.79. The second kappa shape index (κ2) is 5.79. The van der Waals surface area contributed by atoms with Gasteiger partial charge >= 0.3 is 5.97 Å². The lowest BCUT2D eigenvalue weighted by Gasteiger charge is -2.08. The Hall–Kier alpha value is -2.28. The summed E-state index contributed by atoms with van der Waals surface area (Å²) in [6.45, 7) is 1.86. The van der Waals surface area contributed by atoms with Crippen LogP contribution in [0.5, 0.6) is 0 Å². The summed E-state index contributed by atoms with van der Waals surface area (Å²) in [6.07, 6.45) is 2.56. The van der Waals surface area contributed by atoms with Crippen LogP contribution in [0.15, 0.2) is 35.1 Å². The molecule has 1 heterocycles. The number of benzene rings is 1. The molecule has 6 nitrogen and oxygen atoms in total. The lowest BCUT2D eigenvalue weighted by Crippen LogP contribution is -2.17. The van der Waals surface area contributed by atoms with Gasteiger partial charge in [-0.1, -0.05) is 11.6 Å². The van der Waals surface area contributed by atoms with E-state index in [4.69, 9.17) is 5.11 Å². The molecular weight excluding hydrogens is 326 g/mol. The minimum atomic E-state index is -1.25. The van der Waals surface area contributed by atoms with Gasteiger partial charge in [0.1, 0.15) is 0 Å². The molecule has 0 aliphatic heterocycles. The molecule has 20 heavy (non-hydrogen) atoms. The molecule has 0 radical (unpaired) electrons. The van der Waals surface area contributed by atoms with Crippen molar-refractivity contribution >= 4 is 33.6 Å². The van der Waals surface area contributed by atoms with Crippen LogP contribution in [0.2, 0.25) is 0 Å². The second-order valence-corrected chi connectivity index (χ2v) is 4.85. The number of aromatic nitrogens is 2. The van der Waals surface area contributed by atoms with Gasteiger partial charge in [0.05, 0.1) is 5.56 Å². The van der Waals surface area contributed by atoms with Crippen LogP contribution in [0.1, 0.15) is 26.4 Å². The number of nitrogens with one attached hydrogen (secondary N) is 1. The van der Waals surface area contributed by atoms with E-state index < -0.39 is 11.9 Å². The van der Waals surface area contributed by atoms with Crippen molar-refractivity contribution in [3.63, 3.8) is 0 Å². The normalized spacial score (nSPS) is 10.1. The maximum absolute atomic E-state index is 12.2. The first-order valence-corrected chi connectivity index (χ1v) is 6.40. The fraction of sp³-hybridized carbons (Fsp3) is 0.0769. The van der Waals surface area contributed by atoms with E-state index in [2.05, 4.69) is 31.2 Å². The monoisotopic (exact) mass is 335 g/mol. The van der Waals surface area contributed by atoms with Gasteiger partial charge in [0.15, 0.2) is 11.5 Å². The number of carboxylic acids is 1. The molecule has 0 saturated carbocycles. The molecule has 0 fully saturated rings. The van der Waals surface area contributed by atoms with Gasteiger partial charge in [-0.3, -0.25) is 4.79 Å². The number of carbonyl (C=O) groups is 2. The minimum absolute atomic E-state index is 0.0848. The molecule has 102 valence electrons. The van der Waals surface area contributed by atoms with Gasteiger partial charge in [0, 0.05) is 16.9 Å². The summed E-state index contributed by atoms with van der Waals surface area (Å²) in [4.78, 5) is 30.7. The Balaban J connectivity index is 2.33. The van der Waals surface area contributed by atoms with Gasteiger partial charge < -0.3 is 10.4 Å². The lowest BCUT2D eigenvalue weighted by atomic mass is 10.1. The Morgan fingerprint density at radius 1 is 1.25 bits per heavy atom. The maximum Gasteiger partial charge on any atom is 0.358 e. The minimum Gasteiger partial charge on any atom is -0.476 e. The van der Waals surface area contributed by atoms with E-state index in [0.29, 0.717) is 10.0 Å². The number of rotatable bonds is 3. The summed E-state index contributed by atoms with van der Waals surface area (Å²) in [5, 5.41) is 11.4. The molecule has 1 aromatic carbocycles. The molecular formula is C13H10BrN3O3. The third-order valence-corrected chi connectivity index (χ3v) is 3.19. The predicted octanol–water partition coefficient (Wildman–Crippen LogP) is 2.50. The molecule has 0 atom stereocenters. The van der Waals surface area contributed by atoms with Gasteiger partial charge in [-0.15, -0.1) is 0 Å². The molecule has 0 aliphatic carbocycles. The highest BCUT2D eigenvalue weighted by atomic mass is 79.9. The highest BCUT2D eigenvalue weighted by Crippen LogP contribution is 2.20. The van der Waals surface area contributed by atoms with Crippen molar-refractivity contribution in [1.29, 1.82) is 0 Å². The zero-order valence-corrected chi connectivity index (χ0v) is 12.0. The van der Waals surface area contributed by atoms with Crippen LogP contribution >= 0.6 is 15.9 Å². The average Bonchev–Trinajstić information content (AvgIpc) is 2.41. The summed E-state index contributed by atoms with van der Waals surface area (Å²) < 4.78 is 0.612. The molecule has 2 aromatic rings. The average molecular weight is 336 g/mol. The third kappa shape index (κ3) is 3.00. The summed E-state index contributed by atoms with van der Waals surface area (Å²) in [7, 11) is 0. The van der Waals surface area contributed by atoms with E-state index in [0.717, 1.165) is 5.56 Å². The molecule has 1 amide bonds. The van der Waals surface area contributed by atoms with Crippen LogP contribution in [0.3, 0.4) is 0 Å². The molecule has 0 saturated heterocycles. The predicted molar refractivity (Wildman–Crippen MR) is 75.8 cm³/mol. The summed E-state index contributed by atoms with van der Waals surface area (Å²) in [5.41, 5.74) is 1.01. The zero-order chi connectivity index (χ0) is 14.7. The first-order chi connectivity index (χ1) is 9.49. The molecule has 0 unspecified atom stereocenters. The molecule has 2 N–H and O–H groups in total. The Kier molecular flexibility index (Phi) is 4.09. The van der Waals surface area contributed by atoms with Gasteiger partial charge in [-0.05, 0) is 35.0 Å². The van der Waals surface area contributed by atoms with Gasteiger partial charge in [0.2, 0.25) is 0 Å². The van der Waals surface area contributed by atoms with Crippen molar-refractivity contribution in [2.45, 2.75) is 6.92 Å². The number of halogens is 1. The Morgan fingerprint density at radius 3 is 2.65 bits per heavy atom. The number of hydrogen-bond acceptors (Lipinski definition) is 4. The SMILES string of the molecule is Cc1ccc(Br)c(C(=O)Nc2nccnc2C(=O)O)c1. The van der Waals surface area contributed by atoms with Crippen molar-refractivity contribution < 1.29 is 14.7 Å². The molecule has 1 aromatic heterocycles. The molecule has 0 spiro atoms. The van der Waals surface area contributed by atoms with E-state index in [9.17, 15) is 9.59 Å². The maximum atomic E-state index is 12.2. The molecule has 0 aliphatic rings. The highest BCUT2D eigenvalue weighted by molar-refractivity contribution is 9.10. The van der Waals surface area contributed by atoms with Crippen molar-refractivity contribution in [2.75, 3.05) is 5.32 Å². The number of aromatic carboxylic acids is 1. The topological polar surface area (TPSA) is 92.2 Å². The van der Waals surface area contributed by atoms with Crippen LogP contribution in [0, 0.1) is 6.92 Å². The molecule has 0 bridgehead atoms. The van der Waals surface area contributed by atoms with E-state index in [1.54, 1.807) is 12.1 Å². The second-order valence-electron chi connectivity index (χ2n) is 4.00. The number of anilines is 1. The van der Waals surface area contributed by atoms with E-state index in [1.807, 2.05) is 13.0 Å². The van der Waals surface area contributed by atoms with E-state index >= 15 is 0 Å². The quantitative estimate of drug-likeness (QED) is 0.898. The van der Waals surface area contributed by atoms with E-state index in [1.165, 1.54) is 12.4 Å². The van der Waals surface area contributed by atoms with Crippen molar-refractivity contribution in [3.05, 3.63) is 51.9 Å². The van der Waals surface area contributed by atoms with E-state index in [-0.39, 0.29) is 11.5 Å². The standard InChI is InChI=1S/C13H10BrN3O3/c1-7-2-3-9(14)8(6-7)12(18)17-11-10(13(19)20)15-4-5-16-11/h2-6H,1H3,(H,19,20)(H,16,17,18). The Labute approximate surface area is 123 Å². The van der Waals surface area contributed by atoms with Crippen LogP contribution in [0.25, 0.3) is 0 Å². The smallest absolute Gasteiger partial charge is 0.358 e. The van der Waals surface area contributed by atoms with Crippen LogP contribution in [-0.4, -0.2) is 27.0 Å². The first kappa shape index (κ1) is 14.1. The van der Waals surface area contributed by atoms with Gasteiger partial charge in [-0.2, -0.15) is 0 Å². The van der Waals surface area contributed by atoms with Crippen LogP contribution < -0.4 is 5.32 Å². The van der Waals surface area contributed by atoms with Gasteiger partial charge in [-0.25, -0.2) is 14.8 Å². The van der Waals surface area contributed by atoms with Gasteiger partial charge in [0.25, 0.3) is 5.91 Å². The first-order valence-electron chi connectivity index (χ1n) is 5.61. The number of amides is 1. The lowest BCUT2D eigenvalue weighted by molar-refractivity contribution is 0.0691. The molecule has 2 rings (SSSR count). The highest BCUT2D eigenvalue weighted by Gasteiger charge is 2.17. The number of carbonyl (C=O) groups excluding carboxylic acids is 1. The number of aryl methyl sites for hydroxylation is 1. The van der Waals surface area contributed by atoms with Crippen LogP contribution in [-0.2, 0) is 0 Å². The fourth-order valence-corrected chi connectivity index (χ4v) is 2.00. The fourth-order valence-electron chi connectivity index (χ4n) is 1.57. The van der Waals surface area contributed by atoms with Crippen molar-refractivity contribution in [1.82, 2.24) is 9.97 Å². The largest absolute Gasteiger partial charge is 0.476 e. The summed E-state index contributed by atoms with van der Waals surface area (Å²) >= 11 is 3.28. The Bertz CT molecular complexity index is 688. The zero-order valence-electron chi connectivity index (χ0n) is 10.4. The van der Waals surface area contributed by atoms with Crippen molar-refractivity contribution in [2.24, 2.45) is 0 Å². The number of nitrogens with zero attached hydrogens (tertiary/aromatic N) is 2.